The summed E-state index contributed by atoms with van der Waals surface area (Å²) in [6.07, 6.45) is 0.739. The van der Waals surface area contributed by atoms with Gasteiger partial charge in [-0.05, 0) is 73.8 Å². The number of aryl methyl sites for hydroxylation is 2. The molecule has 2 aliphatic heterocycles. The fourth-order valence-electron chi connectivity index (χ4n) is 5.80. The average molecular weight is 573 g/mol. The molecule has 4 aromatic rings. The van der Waals surface area contributed by atoms with Crippen LogP contribution in [0.2, 0.25) is 0 Å². The van der Waals surface area contributed by atoms with Gasteiger partial charge in [0.05, 0.1) is 17.3 Å². The van der Waals surface area contributed by atoms with Crippen LogP contribution in [0.25, 0.3) is 22.0 Å². The van der Waals surface area contributed by atoms with Crippen molar-refractivity contribution >= 4 is 22.6 Å². The van der Waals surface area contributed by atoms with Crippen molar-refractivity contribution in [2.75, 3.05) is 32.8 Å². The van der Waals surface area contributed by atoms with E-state index in [-0.39, 0.29) is 35.8 Å². The molecular formula is C32H33FN4O5. The zero-order chi connectivity index (χ0) is 29.4. The molecule has 9 nitrogen and oxygen atoms in total. The van der Waals surface area contributed by atoms with Crippen molar-refractivity contribution in [3.05, 3.63) is 77.2 Å². The number of aromatic nitrogens is 2. The number of ether oxygens (including phenoxy) is 2. The van der Waals surface area contributed by atoms with Crippen molar-refractivity contribution < 1.29 is 28.6 Å². The van der Waals surface area contributed by atoms with Gasteiger partial charge in [0.25, 0.3) is 5.91 Å². The van der Waals surface area contributed by atoms with Gasteiger partial charge < -0.3 is 24.8 Å². The summed E-state index contributed by atoms with van der Waals surface area (Å²) in [4.78, 5) is 28.5. The van der Waals surface area contributed by atoms with Gasteiger partial charge in [-0.2, -0.15) is 5.10 Å². The van der Waals surface area contributed by atoms with Gasteiger partial charge in [-0.25, -0.2) is 4.39 Å². The monoisotopic (exact) mass is 572 g/mol. The molecule has 10 heteroatoms. The van der Waals surface area contributed by atoms with Crippen LogP contribution in [0.3, 0.4) is 0 Å². The summed E-state index contributed by atoms with van der Waals surface area (Å²) in [6.45, 7) is 4.41. The number of fused-ring (bicyclic) bond motifs is 2. The van der Waals surface area contributed by atoms with Gasteiger partial charge in [0.15, 0.2) is 17.3 Å². The van der Waals surface area contributed by atoms with E-state index < -0.39 is 29.7 Å². The fraction of sp³-hybridized carbons (Fsp3) is 0.344. The van der Waals surface area contributed by atoms with Crippen molar-refractivity contribution in [3.8, 4) is 22.6 Å². The van der Waals surface area contributed by atoms with Crippen LogP contribution >= 0.6 is 0 Å². The number of hydrogen-bond acceptors (Lipinski definition) is 7. The molecule has 1 aromatic heterocycles. The van der Waals surface area contributed by atoms with E-state index in [2.05, 4.69) is 21.4 Å². The van der Waals surface area contributed by atoms with E-state index in [1.165, 1.54) is 12.1 Å². The largest absolute Gasteiger partial charge is 0.486 e. The summed E-state index contributed by atoms with van der Waals surface area (Å²) in [7, 11) is 1.91. The number of ketones is 1. The second-order valence-electron chi connectivity index (χ2n) is 10.9. The zero-order valence-corrected chi connectivity index (χ0v) is 23.6. The van der Waals surface area contributed by atoms with Crippen LogP contribution in [0, 0.1) is 12.7 Å². The normalized spacial score (nSPS) is 16.4. The van der Waals surface area contributed by atoms with Crippen LogP contribution in [0.15, 0.2) is 54.6 Å². The Bertz CT molecular complexity index is 1650. The van der Waals surface area contributed by atoms with E-state index in [1.54, 1.807) is 12.1 Å². The Morgan fingerprint density at radius 1 is 1.02 bits per heavy atom. The van der Waals surface area contributed by atoms with Gasteiger partial charge in [-0.15, -0.1) is 0 Å². The lowest BCUT2D eigenvalue weighted by Gasteiger charge is -2.29. The molecule has 3 aromatic carbocycles. The Kier molecular flexibility index (Phi) is 7.66. The smallest absolute Gasteiger partial charge is 0.292 e. The summed E-state index contributed by atoms with van der Waals surface area (Å²) >= 11 is 0. The lowest BCUT2D eigenvalue weighted by atomic mass is 9.99. The second kappa shape index (κ2) is 11.5. The van der Waals surface area contributed by atoms with Gasteiger partial charge in [0.1, 0.15) is 19.3 Å². The summed E-state index contributed by atoms with van der Waals surface area (Å²) < 4.78 is 27.5. The number of carbonyl (C=O) groups is 2. The molecule has 1 saturated heterocycles. The number of benzene rings is 3. The third-order valence-corrected chi connectivity index (χ3v) is 8.03. The van der Waals surface area contributed by atoms with Gasteiger partial charge in [-0.3, -0.25) is 14.3 Å². The van der Waals surface area contributed by atoms with Crippen LogP contribution in [0.4, 0.5) is 4.39 Å². The Morgan fingerprint density at radius 2 is 1.74 bits per heavy atom. The highest BCUT2D eigenvalue weighted by Gasteiger charge is 2.31. The number of aliphatic hydroxyl groups excluding tert-OH is 1. The molecular weight excluding hydrogens is 539 g/mol. The molecule has 2 atom stereocenters. The van der Waals surface area contributed by atoms with Crippen molar-refractivity contribution in [2.45, 2.75) is 31.9 Å². The van der Waals surface area contributed by atoms with Crippen molar-refractivity contribution in [2.24, 2.45) is 7.05 Å². The molecule has 42 heavy (non-hydrogen) atoms. The first-order valence-corrected chi connectivity index (χ1v) is 14.2. The third-order valence-electron chi connectivity index (χ3n) is 8.03. The SMILES string of the molecule is Cc1nn(C)c2ccc(-c3ccc(C(=O)C(=O)N[C@H](CN4CCCC4)[C@H](O)c4cc(F)c5c(c4)OCCO5)cc3)cc12. The number of carbonyl (C=O) groups excluding carboxylic acids is 2. The van der Waals surface area contributed by atoms with Crippen LogP contribution in [0.5, 0.6) is 11.5 Å². The summed E-state index contributed by atoms with van der Waals surface area (Å²) in [5, 5.41) is 19.6. The molecule has 1 amide bonds. The van der Waals surface area contributed by atoms with E-state index in [0.29, 0.717) is 6.54 Å². The highest BCUT2D eigenvalue weighted by atomic mass is 19.1. The molecule has 0 spiro atoms. The van der Waals surface area contributed by atoms with E-state index >= 15 is 0 Å². The van der Waals surface area contributed by atoms with E-state index in [4.69, 9.17) is 9.47 Å². The van der Waals surface area contributed by atoms with E-state index in [1.807, 2.05) is 42.9 Å². The lowest BCUT2D eigenvalue weighted by molar-refractivity contribution is -0.118. The minimum atomic E-state index is -1.28. The number of likely N-dealkylation sites (tertiary alicyclic amines) is 1. The minimum absolute atomic E-state index is 0.00597. The molecule has 0 aliphatic carbocycles. The van der Waals surface area contributed by atoms with Crippen LogP contribution in [0.1, 0.15) is 40.6 Å². The third kappa shape index (κ3) is 5.47. The molecule has 1 fully saturated rings. The maximum atomic E-state index is 14.8. The van der Waals surface area contributed by atoms with Gasteiger partial charge >= 0.3 is 0 Å². The van der Waals surface area contributed by atoms with Crippen LogP contribution in [-0.2, 0) is 11.8 Å². The van der Waals surface area contributed by atoms with Crippen molar-refractivity contribution in [3.63, 3.8) is 0 Å². The number of Topliss-reactive ketones (excluding diaryl/α,β-unsaturated/α-hetero) is 1. The highest BCUT2D eigenvalue weighted by molar-refractivity contribution is 6.42. The molecule has 2 N–H and O–H groups in total. The van der Waals surface area contributed by atoms with E-state index in [9.17, 15) is 19.1 Å². The molecule has 218 valence electrons. The molecule has 0 saturated carbocycles. The maximum absolute atomic E-state index is 14.8. The minimum Gasteiger partial charge on any atom is -0.486 e. The summed E-state index contributed by atoms with van der Waals surface area (Å²) in [6, 6.07) is 14.8. The number of rotatable bonds is 8. The van der Waals surface area contributed by atoms with Crippen LogP contribution < -0.4 is 14.8 Å². The van der Waals surface area contributed by atoms with E-state index in [0.717, 1.165) is 53.7 Å². The predicted octanol–water partition coefficient (Wildman–Crippen LogP) is 3.96. The standard InChI is InChI=1S/C32H33FN4O5/c1-19-24-15-22(9-10-27(24)36(2)35-19)20-5-7-21(8-6-20)30(39)32(40)34-26(18-37-11-3-4-12-37)29(38)23-16-25(33)31-28(17-23)41-13-14-42-31/h5-10,15-17,26,29,38H,3-4,11-14,18H2,1-2H3,(H,34,40)/t26-,29-/m1/s1. The number of aliphatic hydroxyl groups is 1. The summed E-state index contributed by atoms with van der Waals surface area (Å²) in [5.41, 5.74) is 4.31. The highest BCUT2D eigenvalue weighted by Crippen LogP contribution is 2.36. The first kappa shape index (κ1) is 27.9. The number of nitrogens with one attached hydrogen (secondary N) is 1. The predicted molar refractivity (Wildman–Crippen MR) is 155 cm³/mol. The number of halogens is 1. The Morgan fingerprint density at radius 3 is 2.50 bits per heavy atom. The van der Waals surface area contributed by atoms with Crippen molar-refractivity contribution in [1.82, 2.24) is 20.0 Å². The average Bonchev–Trinajstić information content (AvgIpc) is 3.62. The number of nitrogens with zero attached hydrogens (tertiary/aromatic N) is 3. The first-order chi connectivity index (χ1) is 20.3. The molecule has 3 heterocycles. The van der Waals surface area contributed by atoms with Gasteiger partial charge in [-0.1, -0.05) is 30.3 Å². The Labute approximate surface area is 242 Å². The zero-order valence-electron chi connectivity index (χ0n) is 23.6. The molecule has 0 bridgehead atoms. The molecule has 6 rings (SSSR count). The molecule has 0 unspecified atom stereocenters. The van der Waals surface area contributed by atoms with Crippen LogP contribution in [-0.4, -0.2) is 70.4 Å². The number of hydrogen-bond donors (Lipinski definition) is 2. The van der Waals surface area contributed by atoms with Crippen molar-refractivity contribution in [1.29, 1.82) is 0 Å². The maximum Gasteiger partial charge on any atom is 0.292 e. The second-order valence-corrected chi connectivity index (χ2v) is 10.9. The first-order valence-electron chi connectivity index (χ1n) is 14.2. The molecule has 2 aliphatic rings. The topological polar surface area (TPSA) is 106 Å². The number of amides is 1. The van der Waals surface area contributed by atoms with Gasteiger partial charge in [0.2, 0.25) is 5.78 Å². The quantitative estimate of drug-likeness (QED) is 0.243. The van der Waals surface area contributed by atoms with Gasteiger partial charge in [0, 0.05) is 24.5 Å². The Balaban J connectivity index is 1.20. The lowest BCUT2D eigenvalue weighted by Crippen LogP contribution is -2.48. The molecule has 0 radical (unpaired) electrons. The Hall–Kier alpha value is -4.28. The fourth-order valence-corrected chi connectivity index (χ4v) is 5.80. The summed E-state index contributed by atoms with van der Waals surface area (Å²) in [5.74, 6) is -1.99.